The molecule has 2 rings (SSSR count). The fraction of sp³-hybridized carbons (Fsp3) is 0.462. The molecule has 2 N–H and O–H groups in total. The van der Waals surface area contributed by atoms with Gasteiger partial charge in [0, 0.05) is 11.6 Å². The lowest BCUT2D eigenvalue weighted by Gasteiger charge is -2.21. The second kappa shape index (κ2) is 6.62. The summed E-state index contributed by atoms with van der Waals surface area (Å²) < 4.78 is 0. The molecule has 1 saturated heterocycles. The predicted octanol–water partition coefficient (Wildman–Crippen LogP) is 2.35. The molecule has 0 saturated carbocycles. The highest BCUT2D eigenvalue weighted by Gasteiger charge is 2.20. The van der Waals surface area contributed by atoms with Crippen LogP contribution in [0.1, 0.15) is 18.4 Å². The van der Waals surface area contributed by atoms with E-state index in [1.807, 2.05) is 31.2 Å². The van der Waals surface area contributed by atoms with Crippen LogP contribution in [-0.4, -0.2) is 19.0 Å². The molecule has 0 bridgehead atoms. The number of benzene rings is 1. The van der Waals surface area contributed by atoms with Gasteiger partial charge in [0.2, 0.25) is 5.91 Å². The normalized spacial score (nSPS) is 16.1. The first-order chi connectivity index (χ1) is 7.75. The van der Waals surface area contributed by atoms with Gasteiger partial charge in [0.25, 0.3) is 0 Å². The van der Waals surface area contributed by atoms with Gasteiger partial charge in [-0.25, -0.2) is 0 Å². The minimum absolute atomic E-state index is 0. The minimum atomic E-state index is 0. The molecule has 1 heterocycles. The average molecular weight is 255 g/mol. The van der Waals surface area contributed by atoms with E-state index in [0.29, 0.717) is 0 Å². The highest BCUT2D eigenvalue weighted by Crippen LogP contribution is 2.15. The van der Waals surface area contributed by atoms with Crippen molar-refractivity contribution in [2.75, 3.05) is 18.4 Å². The fourth-order valence-electron chi connectivity index (χ4n) is 1.97. The van der Waals surface area contributed by atoms with Crippen LogP contribution in [0.5, 0.6) is 0 Å². The zero-order chi connectivity index (χ0) is 11.4. The summed E-state index contributed by atoms with van der Waals surface area (Å²) in [6.45, 7) is 3.94. The summed E-state index contributed by atoms with van der Waals surface area (Å²) in [5.41, 5.74) is 2.11. The lowest BCUT2D eigenvalue weighted by molar-refractivity contribution is -0.120. The molecule has 4 heteroatoms. The van der Waals surface area contributed by atoms with Gasteiger partial charge >= 0.3 is 0 Å². The van der Waals surface area contributed by atoms with E-state index in [1.165, 1.54) is 5.56 Å². The van der Waals surface area contributed by atoms with Crippen molar-refractivity contribution in [2.24, 2.45) is 5.92 Å². The molecule has 94 valence electrons. The van der Waals surface area contributed by atoms with Crippen molar-refractivity contribution in [3.05, 3.63) is 29.8 Å². The molecule has 1 fully saturated rings. The Bertz CT molecular complexity index is 358. The van der Waals surface area contributed by atoms with E-state index < -0.39 is 0 Å². The molecular formula is C13H19ClN2O. The third-order valence-electron chi connectivity index (χ3n) is 3.03. The van der Waals surface area contributed by atoms with Crippen molar-refractivity contribution in [3.63, 3.8) is 0 Å². The van der Waals surface area contributed by atoms with Crippen LogP contribution in [0.3, 0.4) is 0 Å². The molecule has 1 aliphatic heterocycles. The topological polar surface area (TPSA) is 41.1 Å². The van der Waals surface area contributed by atoms with E-state index in [1.54, 1.807) is 0 Å². The molecule has 0 radical (unpaired) electrons. The Hall–Kier alpha value is -1.06. The summed E-state index contributed by atoms with van der Waals surface area (Å²) in [5, 5.41) is 6.23. The zero-order valence-electron chi connectivity index (χ0n) is 10.0. The highest BCUT2D eigenvalue weighted by atomic mass is 35.5. The number of amides is 1. The molecule has 1 aliphatic rings. The van der Waals surface area contributed by atoms with E-state index in [-0.39, 0.29) is 24.2 Å². The fourth-order valence-corrected chi connectivity index (χ4v) is 1.97. The SMILES string of the molecule is Cc1ccc(NC(=O)C2CCNCC2)cc1.Cl. The Balaban J connectivity index is 0.00000144. The van der Waals surface area contributed by atoms with Gasteiger partial charge in [0.15, 0.2) is 0 Å². The molecule has 17 heavy (non-hydrogen) atoms. The summed E-state index contributed by atoms with van der Waals surface area (Å²) >= 11 is 0. The number of anilines is 1. The Morgan fingerprint density at radius 2 is 1.82 bits per heavy atom. The first-order valence-electron chi connectivity index (χ1n) is 5.84. The number of nitrogens with one attached hydrogen (secondary N) is 2. The van der Waals surface area contributed by atoms with Gasteiger partial charge in [-0.15, -0.1) is 12.4 Å². The molecule has 0 spiro atoms. The quantitative estimate of drug-likeness (QED) is 0.851. The van der Waals surface area contributed by atoms with Gasteiger partial charge in [-0.3, -0.25) is 4.79 Å². The second-order valence-electron chi connectivity index (χ2n) is 4.38. The molecular weight excluding hydrogens is 236 g/mol. The number of hydrogen-bond acceptors (Lipinski definition) is 2. The maximum absolute atomic E-state index is 11.9. The van der Waals surface area contributed by atoms with Crippen LogP contribution in [0.2, 0.25) is 0 Å². The van der Waals surface area contributed by atoms with Crippen LogP contribution in [0.4, 0.5) is 5.69 Å². The van der Waals surface area contributed by atoms with Crippen LogP contribution in [-0.2, 0) is 4.79 Å². The predicted molar refractivity (Wildman–Crippen MR) is 72.7 cm³/mol. The monoisotopic (exact) mass is 254 g/mol. The van der Waals surface area contributed by atoms with Gasteiger partial charge in [0.1, 0.15) is 0 Å². The van der Waals surface area contributed by atoms with E-state index >= 15 is 0 Å². The van der Waals surface area contributed by atoms with Crippen molar-refractivity contribution in [1.29, 1.82) is 0 Å². The molecule has 0 aliphatic carbocycles. The highest BCUT2D eigenvalue weighted by molar-refractivity contribution is 5.92. The number of carbonyl (C=O) groups is 1. The Morgan fingerprint density at radius 3 is 2.41 bits per heavy atom. The molecule has 1 aromatic carbocycles. The Kier molecular flexibility index (Phi) is 5.45. The van der Waals surface area contributed by atoms with E-state index in [2.05, 4.69) is 10.6 Å². The molecule has 0 aromatic heterocycles. The zero-order valence-corrected chi connectivity index (χ0v) is 10.8. The minimum Gasteiger partial charge on any atom is -0.326 e. The number of rotatable bonds is 2. The summed E-state index contributed by atoms with van der Waals surface area (Å²) in [6.07, 6.45) is 1.88. The van der Waals surface area contributed by atoms with Gasteiger partial charge in [-0.1, -0.05) is 17.7 Å². The number of halogens is 1. The van der Waals surface area contributed by atoms with Crippen molar-refractivity contribution in [3.8, 4) is 0 Å². The molecule has 3 nitrogen and oxygen atoms in total. The second-order valence-corrected chi connectivity index (χ2v) is 4.38. The van der Waals surface area contributed by atoms with Crippen LogP contribution in [0.15, 0.2) is 24.3 Å². The maximum Gasteiger partial charge on any atom is 0.227 e. The van der Waals surface area contributed by atoms with Gasteiger partial charge in [-0.2, -0.15) is 0 Å². The number of hydrogen-bond donors (Lipinski definition) is 2. The van der Waals surface area contributed by atoms with Crippen LogP contribution >= 0.6 is 12.4 Å². The van der Waals surface area contributed by atoms with Crippen LogP contribution in [0, 0.1) is 12.8 Å². The average Bonchev–Trinajstić information content (AvgIpc) is 2.33. The summed E-state index contributed by atoms with van der Waals surface area (Å²) in [4.78, 5) is 11.9. The van der Waals surface area contributed by atoms with Crippen molar-refractivity contribution in [2.45, 2.75) is 19.8 Å². The summed E-state index contributed by atoms with van der Waals surface area (Å²) in [6, 6.07) is 7.93. The first-order valence-corrected chi connectivity index (χ1v) is 5.84. The largest absolute Gasteiger partial charge is 0.326 e. The number of carbonyl (C=O) groups excluding carboxylic acids is 1. The lowest BCUT2D eigenvalue weighted by atomic mass is 9.97. The van der Waals surface area contributed by atoms with E-state index in [4.69, 9.17) is 0 Å². The van der Waals surface area contributed by atoms with Crippen LogP contribution in [0.25, 0.3) is 0 Å². The molecule has 0 unspecified atom stereocenters. The Morgan fingerprint density at radius 1 is 1.24 bits per heavy atom. The van der Waals surface area contributed by atoms with Crippen LogP contribution < -0.4 is 10.6 Å². The first kappa shape index (κ1) is 14.0. The molecule has 1 aromatic rings. The van der Waals surface area contributed by atoms with Gasteiger partial charge < -0.3 is 10.6 Å². The van der Waals surface area contributed by atoms with E-state index in [9.17, 15) is 4.79 Å². The lowest BCUT2D eigenvalue weighted by Crippen LogP contribution is -2.34. The van der Waals surface area contributed by atoms with E-state index in [0.717, 1.165) is 31.6 Å². The summed E-state index contributed by atoms with van der Waals surface area (Å²) in [7, 11) is 0. The molecule has 1 amide bonds. The van der Waals surface area contributed by atoms with Crippen molar-refractivity contribution < 1.29 is 4.79 Å². The van der Waals surface area contributed by atoms with Crippen molar-refractivity contribution in [1.82, 2.24) is 5.32 Å². The summed E-state index contributed by atoms with van der Waals surface area (Å²) in [5.74, 6) is 0.327. The molecule has 0 atom stereocenters. The standard InChI is InChI=1S/C13H18N2O.ClH/c1-10-2-4-12(5-3-10)15-13(16)11-6-8-14-9-7-11;/h2-5,11,14H,6-9H2,1H3,(H,15,16);1H. The smallest absolute Gasteiger partial charge is 0.227 e. The number of piperidine rings is 1. The number of aryl methyl sites for hydroxylation is 1. The van der Waals surface area contributed by atoms with Gasteiger partial charge in [-0.05, 0) is 45.0 Å². The maximum atomic E-state index is 11.9. The third kappa shape index (κ3) is 4.02. The van der Waals surface area contributed by atoms with Crippen molar-refractivity contribution >= 4 is 24.0 Å². The van der Waals surface area contributed by atoms with Gasteiger partial charge in [0.05, 0.1) is 0 Å². The Labute approximate surface area is 108 Å². The third-order valence-corrected chi connectivity index (χ3v) is 3.03.